The van der Waals surface area contributed by atoms with Crippen LogP contribution in [-0.2, 0) is 0 Å². The molecule has 4 N–H and O–H groups in total. The molecule has 1 aromatic carbocycles. The van der Waals surface area contributed by atoms with Gasteiger partial charge in [0.15, 0.2) is 0 Å². The summed E-state index contributed by atoms with van der Waals surface area (Å²) in [6.07, 6.45) is -0.579. The minimum absolute atomic E-state index is 0.217. The summed E-state index contributed by atoms with van der Waals surface area (Å²) in [4.78, 5) is 0. The van der Waals surface area contributed by atoms with Gasteiger partial charge in [0.25, 0.3) is 0 Å². The molecule has 1 unspecified atom stereocenters. The van der Waals surface area contributed by atoms with Gasteiger partial charge in [0.2, 0.25) is 0 Å². The Kier molecular flexibility index (Phi) is 4.86. The molecule has 4 nitrogen and oxygen atoms in total. The maximum Gasteiger partial charge on any atom is 0.142 e. The Morgan fingerprint density at radius 2 is 2.25 bits per heavy atom. The van der Waals surface area contributed by atoms with Crippen molar-refractivity contribution in [3.05, 3.63) is 22.7 Å². The molecule has 1 rings (SSSR count). The number of methoxy groups -OCH3 is 1. The fourth-order valence-corrected chi connectivity index (χ4v) is 1.44. The van der Waals surface area contributed by atoms with Gasteiger partial charge in [-0.25, -0.2) is 0 Å². The van der Waals surface area contributed by atoms with Gasteiger partial charge < -0.3 is 20.9 Å². The summed E-state index contributed by atoms with van der Waals surface area (Å²) in [6.45, 7) is 2.49. The van der Waals surface area contributed by atoms with Gasteiger partial charge in [-0.1, -0.05) is 11.6 Å². The van der Waals surface area contributed by atoms with Gasteiger partial charge in [-0.05, 0) is 24.6 Å². The maximum atomic E-state index is 9.35. The molecule has 0 saturated carbocycles. The number of nitrogens with two attached hydrogens (primary N) is 1. The first-order valence-corrected chi connectivity index (χ1v) is 5.42. The normalized spacial score (nSPS) is 12.3. The molecule has 0 heterocycles. The molecule has 0 aliphatic rings. The van der Waals surface area contributed by atoms with Crippen LogP contribution in [0, 0.1) is 6.92 Å². The zero-order valence-corrected chi connectivity index (χ0v) is 10.2. The van der Waals surface area contributed by atoms with Gasteiger partial charge in [-0.2, -0.15) is 0 Å². The van der Waals surface area contributed by atoms with Crippen LogP contribution < -0.4 is 15.8 Å². The molecule has 16 heavy (non-hydrogen) atoms. The summed E-state index contributed by atoms with van der Waals surface area (Å²) in [7, 11) is 1.59. The third-order valence-corrected chi connectivity index (χ3v) is 2.69. The largest absolute Gasteiger partial charge is 0.495 e. The Morgan fingerprint density at radius 1 is 1.56 bits per heavy atom. The number of rotatable bonds is 5. The minimum atomic E-state index is -0.579. The minimum Gasteiger partial charge on any atom is -0.495 e. The van der Waals surface area contributed by atoms with E-state index >= 15 is 0 Å². The quantitative estimate of drug-likeness (QED) is 0.732. The second-order valence-corrected chi connectivity index (χ2v) is 3.98. The molecule has 0 saturated heterocycles. The Bertz CT molecular complexity index is 358. The molecule has 90 valence electrons. The Labute approximate surface area is 100 Å². The fraction of sp³-hybridized carbons (Fsp3) is 0.455. The van der Waals surface area contributed by atoms with Gasteiger partial charge in [0.1, 0.15) is 5.75 Å². The van der Waals surface area contributed by atoms with Crippen LogP contribution in [0.1, 0.15) is 5.56 Å². The highest BCUT2D eigenvalue weighted by Gasteiger charge is 2.08. The average molecular weight is 245 g/mol. The number of halogens is 1. The lowest BCUT2D eigenvalue weighted by atomic mass is 10.2. The van der Waals surface area contributed by atoms with Crippen LogP contribution in [-0.4, -0.2) is 31.4 Å². The third kappa shape index (κ3) is 3.27. The van der Waals surface area contributed by atoms with Crippen molar-refractivity contribution < 1.29 is 9.84 Å². The van der Waals surface area contributed by atoms with Crippen molar-refractivity contribution in [2.24, 2.45) is 5.73 Å². The van der Waals surface area contributed by atoms with E-state index in [1.165, 1.54) is 0 Å². The standard InChI is InChI=1S/C11H17ClN2O2/c1-7-3-11(16-2)10(4-9(7)12)14-6-8(15)5-13/h3-4,8,14-15H,5-6,13H2,1-2H3. The highest BCUT2D eigenvalue weighted by atomic mass is 35.5. The summed E-state index contributed by atoms with van der Waals surface area (Å²) < 4.78 is 5.21. The van der Waals surface area contributed by atoms with Crippen LogP contribution >= 0.6 is 11.6 Å². The molecule has 0 amide bonds. The predicted octanol–water partition coefficient (Wildman–Crippen LogP) is 1.39. The van der Waals surface area contributed by atoms with Gasteiger partial charge >= 0.3 is 0 Å². The van der Waals surface area contributed by atoms with E-state index in [0.717, 1.165) is 11.3 Å². The SMILES string of the molecule is COc1cc(C)c(Cl)cc1NCC(O)CN. The molecule has 0 spiro atoms. The predicted molar refractivity (Wildman–Crippen MR) is 66.3 cm³/mol. The highest BCUT2D eigenvalue weighted by Crippen LogP contribution is 2.30. The van der Waals surface area contributed by atoms with Crippen molar-refractivity contribution in [2.45, 2.75) is 13.0 Å². The number of anilines is 1. The molecule has 0 aromatic heterocycles. The van der Waals surface area contributed by atoms with Crippen LogP contribution in [0.5, 0.6) is 5.75 Å². The van der Waals surface area contributed by atoms with Crippen LogP contribution in [0.4, 0.5) is 5.69 Å². The fourth-order valence-electron chi connectivity index (χ4n) is 1.27. The summed E-state index contributed by atoms with van der Waals surface area (Å²) in [5.74, 6) is 0.700. The average Bonchev–Trinajstić information content (AvgIpc) is 2.29. The number of hydrogen-bond donors (Lipinski definition) is 3. The van der Waals surface area contributed by atoms with E-state index in [1.807, 2.05) is 13.0 Å². The Balaban J connectivity index is 2.81. The molecule has 0 aliphatic carbocycles. The van der Waals surface area contributed by atoms with Gasteiger partial charge in [-0.15, -0.1) is 0 Å². The number of aryl methyl sites for hydroxylation is 1. The van der Waals surface area contributed by atoms with Crippen molar-refractivity contribution in [3.63, 3.8) is 0 Å². The van der Waals surface area contributed by atoms with Crippen LogP contribution in [0.25, 0.3) is 0 Å². The van der Waals surface area contributed by atoms with Crippen molar-refractivity contribution in [1.29, 1.82) is 0 Å². The Morgan fingerprint density at radius 3 is 2.81 bits per heavy atom. The molecule has 0 aliphatic heterocycles. The lowest BCUT2D eigenvalue weighted by molar-refractivity contribution is 0.196. The monoisotopic (exact) mass is 244 g/mol. The maximum absolute atomic E-state index is 9.35. The van der Waals surface area contributed by atoms with Gasteiger partial charge in [0.05, 0.1) is 18.9 Å². The number of nitrogens with one attached hydrogen (secondary N) is 1. The van der Waals surface area contributed by atoms with Crippen LogP contribution in [0.15, 0.2) is 12.1 Å². The van der Waals surface area contributed by atoms with E-state index in [-0.39, 0.29) is 6.54 Å². The van der Waals surface area contributed by atoms with E-state index in [2.05, 4.69) is 5.32 Å². The van der Waals surface area contributed by atoms with E-state index in [1.54, 1.807) is 13.2 Å². The molecule has 1 atom stereocenters. The molecule has 0 radical (unpaired) electrons. The molecule has 5 heteroatoms. The van der Waals surface area contributed by atoms with Gasteiger partial charge in [0, 0.05) is 18.1 Å². The number of benzene rings is 1. The third-order valence-electron chi connectivity index (χ3n) is 2.28. The summed E-state index contributed by atoms with van der Waals surface area (Å²) in [5.41, 5.74) is 7.02. The van der Waals surface area contributed by atoms with E-state index in [4.69, 9.17) is 22.1 Å². The lowest BCUT2D eigenvalue weighted by Gasteiger charge is -2.15. The van der Waals surface area contributed by atoms with Crippen molar-refractivity contribution in [3.8, 4) is 5.75 Å². The van der Waals surface area contributed by atoms with Crippen molar-refractivity contribution in [2.75, 3.05) is 25.5 Å². The summed E-state index contributed by atoms with van der Waals surface area (Å²) in [6, 6.07) is 3.62. The van der Waals surface area contributed by atoms with Gasteiger partial charge in [-0.3, -0.25) is 0 Å². The number of aliphatic hydroxyl groups excluding tert-OH is 1. The smallest absolute Gasteiger partial charge is 0.142 e. The molecule has 0 bridgehead atoms. The number of ether oxygens (including phenoxy) is 1. The van der Waals surface area contributed by atoms with E-state index < -0.39 is 6.10 Å². The van der Waals surface area contributed by atoms with E-state index in [0.29, 0.717) is 17.3 Å². The number of hydrogen-bond acceptors (Lipinski definition) is 4. The Hall–Kier alpha value is -0.970. The highest BCUT2D eigenvalue weighted by molar-refractivity contribution is 6.31. The van der Waals surface area contributed by atoms with E-state index in [9.17, 15) is 5.11 Å². The molecule has 0 fully saturated rings. The first kappa shape index (κ1) is 13.1. The van der Waals surface area contributed by atoms with Crippen molar-refractivity contribution in [1.82, 2.24) is 0 Å². The molecule has 1 aromatic rings. The molecular formula is C11H17ClN2O2. The molecular weight excluding hydrogens is 228 g/mol. The summed E-state index contributed by atoms with van der Waals surface area (Å²) in [5, 5.41) is 13.0. The van der Waals surface area contributed by atoms with Crippen LogP contribution in [0.3, 0.4) is 0 Å². The second kappa shape index (κ2) is 5.94. The topological polar surface area (TPSA) is 67.5 Å². The first-order valence-electron chi connectivity index (χ1n) is 5.04. The number of aliphatic hydroxyl groups is 1. The van der Waals surface area contributed by atoms with Crippen molar-refractivity contribution >= 4 is 17.3 Å². The second-order valence-electron chi connectivity index (χ2n) is 3.57. The summed E-state index contributed by atoms with van der Waals surface area (Å²) >= 11 is 6.01. The van der Waals surface area contributed by atoms with Crippen LogP contribution in [0.2, 0.25) is 5.02 Å². The zero-order valence-electron chi connectivity index (χ0n) is 9.46. The zero-order chi connectivity index (χ0) is 12.1. The first-order chi connectivity index (χ1) is 7.58. The lowest BCUT2D eigenvalue weighted by Crippen LogP contribution is -2.27.